The van der Waals surface area contributed by atoms with Gasteiger partial charge in [-0.15, -0.1) is 0 Å². The average Bonchev–Trinajstić information content (AvgIpc) is 3.42. The third-order valence-corrected chi connectivity index (χ3v) is 9.35. The van der Waals surface area contributed by atoms with Crippen molar-refractivity contribution in [3.8, 4) is 17.1 Å². The highest BCUT2D eigenvalue weighted by molar-refractivity contribution is 9.10. The lowest BCUT2D eigenvalue weighted by Crippen LogP contribution is -2.09. The standard InChI is InChI=1S/C38H48BBrN2O/c1-4-6-8-10-12-16-24-42-37-34-27-29(40)21-23-31(34)30-22-20-28(39-3)26-33(30)36(37)41-38(42)32-18-14-15-19-35(32)43-25-17-13-11-9-7-5-2/h14-15,18-23,26-27,39H,4-13,16-17,24-25H2,1-3H3. The molecule has 0 aliphatic carbocycles. The SMILES string of the molecule is CBc1ccc2c3ccc(Br)cc3c3c(nc(-c4ccccc4OCCCCCCCC)n3CCCCCCCC)c2c1. The number of halogens is 1. The van der Waals surface area contributed by atoms with Crippen LogP contribution in [0.5, 0.6) is 5.75 Å². The first-order valence-electron chi connectivity index (χ1n) is 16.9. The number of unbranched alkanes of at least 4 members (excludes halogenated alkanes) is 10. The summed E-state index contributed by atoms with van der Waals surface area (Å²) in [6, 6.07) is 22.2. The normalized spacial score (nSPS) is 11.6. The quantitative estimate of drug-likeness (QED) is 0.0575. The van der Waals surface area contributed by atoms with Crippen molar-refractivity contribution in [2.24, 2.45) is 0 Å². The largest absolute Gasteiger partial charge is 0.493 e. The lowest BCUT2D eigenvalue weighted by Gasteiger charge is -2.15. The Balaban J connectivity index is 1.60. The third-order valence-electron chi connectivity index (χ3n) is 8.86. The topological polar surface area (TPSA) is 27.1 Å². The number of aromatic nitrogens is 2. The molecule has 3 nitrogen and oxygen atoms in total. The van der Waals surface area contributed by atoms with Crippen LogP contribution in [0.1, 0.15) is 90.9 Å². The molecule has 0 saturated heterocycles. The van der Waals surface area contributed by atoms with E-state index in [4.69, 9.17) is 9.72 Å². The molecule has 5 heteroatoms. The van der Waals surface area contributed by atoms with Gasteiger partial charge in [-0.3, -0.25) is 0 Å². The lowest BCUT2D eigenvalue weighted by molar-refractivity contribution is 0.305. The summed E-state index contributed by atoms with van der Waals surface area (Å²) in [7, 11) is 1.01. The zero-order valence-corrected chi connectivity index (χ0v) is 28.1. The highest BCUT2D eigenvalue weighted by Gasteiger charge is 2.21. The fourth-order valence-corrected chi connectivity index (χ4v) is 6.78. The van der Waals surface area contributed by atoms with Crippen molar-refractivity contribution in [1.29, 1.82) is 0 Å². The van der Waals surface area contributed by atoms with E-state index in [1.807, 2.05) is 0 Å². The number of benzene rings is 4. The summed E-state index contributed by atoms with van der Waals surface area (Å²) in [5.74, 6) is 1.97. The fraction of sp³-hybridized carbons (Fsp3) is 0.447. The number of nitrogens with zero attached hydrogens (tertiary/aromatic N) is 2. The van der Waals surface area contributed by atoms with E-state index in [1.165, 1.54) is 96.7 Å². The van der Waals surface area contributed by atoms with E-state index < -0.39 is 0 Å². The van der Waals surface area contributed by atoms with Gasteiger partial charge in [0.25, 0.3) is 0 Å². The van der Waals surface area contributed by atoms with Crippen LogP contribution < -0.4 is 10.2 Å². The maximum atomic E-state index is 6.49. The second kappa shape index (κ2) is 15.8. The number of imidazole rings is 1. The number of ether oxygens (including phenoxy) is 1. The fourth-order valence-electron chi connectivity index (χ4n) is 6.42. The highest BCUT2D eigenvalue weighted by Crippen LogP contribution is 2.40. The van der Waals surface area contributed by atoms with Crippen LogP contribution in [0.2, 0.25) is 6.82 Å². The van der Waals surface area contributed by atoms with E-state index in [9.17, 15) is 0 Å². The molecule has 0 spiro atoms. The summed E-state index contributed by atoms with van der Waals surface area (Å²) in [6.45, 7) is 8.49. The molecule has 0 radical (unpaired) electrons. The zero-order chi connectivity index (χ0) is 30.0. The van der Waals surface area contributed by atoms with Crippen molar-refractivity contribution in [1.82, 2.24) is 9.55 Å². The van der Waals surface area contributed by atoms with Gasteiger partial charge in [0.05, 0.1) is 23.2 Å². The van der Waals surface area contributed by atoms with Gasteiger partial charge in [-0.1, -0.05) is 143 Å². The van der Waals surface area contributed by atoms with Crippen molar-refractivity contribution in [2.75, 3.05) is 6.61 Å². The van der Waals surface area contributed by atoms with Crippen molar-refractivity contribution in [3.05, 3.63) is 65.1 Å². The molecule has 0 atom stereocenters. The Morgan fingerprint density at radius 1 is 0.721 bits per heavy atom. The van der Waals surface area contributed by atoms with Gasteiger partial charge in [-0.25, -0.2) is 4.98 Å². The van der Waals surface area contributed by atoms with Gasteiger partial charge < -0.3 is 9.30 Å². The van der Waals surface area contributed by atoms with Crippen LogP contribution in [0.15, 0.2) is 65.1 Å². The number of hydrogen-bond donors (Lipinski definition) is 0. The van der Waals surface area contributed by atoms with Crippen LogP contribution in [0.3, 0.4) is 0 Å². The summed E-state index contributed by atoms with van der Waals surface area (Å²) in [4.78, 5) is 5.50. The van der Waals surface area contributed by atoms with Gasteiger partial charge in [0.2, 0.25) is 0 Å². The molecule has 0 saturated carbocycles. The Hall–Kier alpha value is -2.79. The van der Waals surface area contributed by atoms with E-state index in [0.717, 1.165) is 60.4 Å². The number of aryl methyl sites for hydroxylation is 1. The highest BCUT2D eigenvalue weighted by atomic mass is 79.9. The van der Waals surface area contributed by atoms with Gasteiger partial charge in [0.1, 0.15) is 11.6 Å². The van der Waals surface area contributed by atoms with E-state index >= 15 is 0 Å². The first-order chi connectivity index (χ1) is 21.2. The first-order valence-corrected chi connectivity index (χ1v) is 17.7. The van der Waals surface area contributed by atoms with Crippen LogP contribution >= 0.6 is 15.9 Å². The summed E-state index contributed by atoms with van der Waals surface area (Å²) < 4.78 is 10.1. The van der Waals surface area contributed by atoms with Crippen molar-refractivity contribution in [2.45, 2.75) is 104 Å². The number of hydrogen-bond acceptors (Lipinski definition) is 2. The molecule has 4 aromatic carbocycles. The molecule has 0 aliphatic rings. The van der Waals surface area contributed by atoms with Crippen molar-refractivity contribution in [3.63, 3.8) is 0 Å². The molecular formula is C38H48BBrN2O. The molecule has 5 rings (SSSR count). The summed E-state index contributed by atoms with van der Waals surface area (Å²) in [6.07, 6.45) is 15.2. The maximum absolute atomic E-state index is 6.49. The van der Waals surface area contributed by atoms with Gasteiger partial charge in [-0.2, -0.15) is 0 Å². The van der Waals surface area contributed by atoms with E-state index in [2.05, 4.69) is 102 Å². The molecule has 1 aromatic heterocycles. The minimum atomic E-state index is 0.749. The molecule has 0 unspecified atom stereocenters. The molecule has 1 heterocycles. The molecule has 0 amide bonds. The van der Waals surface area contributed by atoms with Crippen LogP contribution in [-0.2, 0) is 6.54 Å². The van der Waals surface area contributed by atoms with Gasteiger partial charge >= 0.3 is 0 Å². The minimum absolute atomic E-state index is 0.749. The molecule has 226 valence electrons. The molecule has 43 heavy (non-hydrogen) atoms. The number of fused-ring (bicyclic) bond motifs is 6. The Bertz CT molecular complexity index is 1640. The van der Waals surface area contributed by atoms with Gasteiger partial charge in [0, 0.05) is 21.8 Å². The van der Waals surface area contributed by atoms with Crippen molar-refractivity contribution < 1.29 is 4.74 Å². The van der Waals surface area contributed by atoms with Gasteiger partial charge in [-0.05, 0) is 47.9 Å². The second-order valence-corrected chi connectivity index (χ2v) is 13.0. The first kappa shape index (κ1) is 31.6. The predicted octanol–water partition coefficient (Wildman–Crippen LogP) is 11.0. The molecule has 0 N–H and O–H groups in total. The third kappa shape index (κ3) is 7.48. The second-order valence-electron chi connectivity index (χ2n) is 12.1. The monoisotopic (exact) mass is 638 g/mol. The van der Waals surface area contributed by atoms with Gasteiger partial charge in [0.15, 0.2) is 7.28 Å². The Morgan fingerprint density at radius 3 is 2.16 bits per heavy atom. The summed E-state index contributed by atoms with van der Waals surface area (Å²) in [5, 5.41) is 5.07. The Morgan fingerprint density at radius 2 is 1.40 bits per heavy atom. The number of rotatable bonds is 17. The minimum Gasteiger partial charge on any atom is -0.493 e. The lowest BCUT2D eigenvalue weighted by atomic mass is 9.72. The van der Waals surface area contributed by atoms with E-state index in [0.29, 0.717) is 0 Å². The predicted molar refractivity (Wildman–Crippen MR) is 193 cm³/mol. The zero-order valence-electron chi connectivity index (χ0n) is 26.6. The molecule has 5 aromatic rings. The number of para-hydroxylation sites is 1. The smallest absolute Gasteiger partial charge is 0.154 e. The molecule has 0 fully saturated rings. The van der Waals surface area contributed by atoms with E-state index in [-0.39, 0.29) is 0 Å². The molecule has 0 aliphatic heterocycles. The summed E-state index contributed by atoms with van der Waals surface area (Å²) >= 11 is 3.79. The molecular weight excluding hydrogens is 591 g/mol. The Kier molecular flexibility index (Phi) is 11.6. The van der Waals surface area contributed by atoms with Crippen LogP contribution in [0, 0.1) is 0 Å². The summed E-state index contributed by atoms with van der Waals surface area (Å²) in [5.41, 5.74) is 4.78. The van der Waals surface area contributed by atoms with Crippen LogP contribution in [-0.4, -0.2) is 23.4 Å². The van der Waals surface area contributed by atoms with Crippen LogP contribution in [0.4, 0.5) is 0 Å². The maximum Gasteiger partial charge on any atom is 0.154 e. The Labute approximate surface area is 267 Å². The average molecular weight is 640 g/mol. The van der Waals surface area contributed by atoms with Crippen molar-refractivity contribution >= 4 is 61.3 Å². The van der Waals surface area contributed by atoms with Crippen LogP contribution in [0.25, 0.3) is 44.0 Å². The molecule has 0 bridgehead atoms. The van der Waals surface area contributed by atoms with E-state index in [1.54, 1.807) is 0 Å².